The Labute approximate surface area is 177 Å². The molecular weight excluding hydrogens is 406 g/mol. The molecule has 4 aromatic rings. The van der Waals surface area contributed by atoms with Gasteiger partial charge in [-0.1, -0.05) is 41.9 Å². The second-order valence-corrected chi connectivity index (χ2v) is 7.84. The fourth-order valence-electron chi connectivity index (χ4n) is 2.96. The van der Waals surface area contributed by atoms with Gasteiger partial charge >= 0.3 is 0 Å². The monoisotopic (exact) mass is 423 g/mol. The van der Waals surface area contributed by atoms with Gasteiger partial charge in [-0.2, -0.15) is 0 Å². The van der Waals surface area contributed by atoms with E-state index in [4.69, 9.17) is 11.6 Å². The van der Waals surface area contributed by atoms with Gasteiger partial charge in [0.25, 0.3) is 0 Å². The number of rotatable bonds is 6. The molecule has 1 amide bonds. The predicted molar refractivity (Wildman–Crippen MR) is 119 cm³/mol. The fourth-order valence-corrected chi connectivity index (χ4v) is 4.12. The van der Waals surface area contributed by atoms with Crippen LogP contribution < -0.4 is 10.2 Å². The Morgan fingerprint density at radius 1 is 1.14 bits per heavy atom. The second-order valence-electron chi connectivity index (χ2n) is 6.45. The maximum atomic E-state index is 12.3. The highest BCUT2D eigenvalue weighted by molar-refractivity contribution is 7.21. The third kappa shape index (κ3) is 4.36. The summed E-state index contributed by atoms with van der Waals surface area (Å²) in [5.74, 6) is 0.674. The number of halogens is 1. The van der Waals surface area contributed by atoms with Crippen molar-refractivity contribution in [2.75, 3.05) is 23.8 Å². The molecule has 0 aliphatic carbocycles. The number of nitrogens with one attached hydrogen (secondary N) is 1. The summed E-state index contributed by atoms with van der Waals surface area (Å²) < 4.78 is 0. The quantitative estimate of drug-likeness (QED) is 0.448. The van der Waals surface area contributed by atoms with E-state index in [0.717, 1.165) is 26.5 Å². The highest BCUT2D eigenvalue weighted by Crippen LogP contribution is 2.35. The van der Waals surface area contributed by atoms with Crippen molar-refractivity contribution in [3.05, 3.63) is 66.2 Å². The largest absolute Gasteiger partial charge is 0.359 e. The summed E-state index contributed by atoms with van der Waals surface area (Å²) in [6, 6.07) is 15.8. The molecule has 0 saturated heterocycles. The smallest absolute Gasteiger partial charge is 0.226 e. The summed E-state index contributed by atoms with van der Waals surface area (Å²) in [6.45, 7) is 0.506. The lowest BCUT2D eigenvalue weighted by Crippen LogP contribution is -2.25. The number of carbonyl (C=O) groups excluding carboxylic acids is 1. The van der Waals surface area contributed by atoms with E-state index in [-0.39, 0.29) is 11.1 Å². The standard InChI is InChI=1S/C21H18ClN5OS/c1-27(11-9-18(28)26-16-8-5-10-23-19(16)22)20-15-12-17(14-6-3-2-4-7-14)29-21(15)25-13-24-20/h2-8,10,12-13H,9,11H2,1H3,(H,26,28). The van der Waals surface area contributed by atoms with Crippen LogP contribution in [0.3, 0.4) is 0 Å². The Balaban J connectivity index is 1.48. The topological polar surface area (TPSA) is 71.0 Å². The van der Waals surface area contributed by atoms with Crippen LogP contribution >= 0.6 is 22.9 Å². The number of hydrogen-bond donors (Lipinski definition) is 1. The van der Waals surface area contributed by atoms with Gasteiger partial charge in [0.05, 0.1) is 11.1 Å². The van der Waals surface area contributed by atoms with Crippen molar-refractivity contribution < 1.29 is 4.79 Å². The maximum Gasteiger partial charge on any atom is 0.226 e. The first-order valence-corrected chi connectivity index (χ1v) is 10.2. The normalized spacial score (nSPS) is 10.8. The molecule has 6 nitrogen and oxygen atoms in total. The molecule has 0 radical (unpaired) electrons. The number of hydrogen-bond acceptors (Lipinski definition) is 6. The van der Waals surface area contributed by atoms with Gasteiger partial charge in [0.1, 0.15) is 17.0 Å². The first-order chi connectivity index (χ1) is 14.1. The lowest BCUT2D eigenvalue weighted by molar-refractivity contribution is -0.116. The van der Waals surface area contributed by atoms with E-state index < -0.39 is 0 Å². The van der Waals surface area contributed by atoms with Crippen molar-refractivity contribution in [3.8, 4) is 10.4 Å². The van der Waals surface area contributed by atoms with E-state index >= 15 is 0 Å². The Morgan fingerprint density at radius 3 is 2.76 bits per heavy atom. The Morgan fingerprint density at radius 2 is 1.97 bits per heavy atom. The van der Waals surface area contributed by atoms with Crippen LogP contribution in [-0.4, -0.2) is 34.5 Å². The van der Waals surface area contributed by atoms with E-state index in [0.29, 0.717) is 18.7 Å². The van der Waals surface area contributed by atoms with Crippen molar-refractivity contribution in [1.29, 1.82) is 0 Å². The lowest BCUT2D eigenvalue weighted by Gasteiger charge is -2.18. The van der Waals surface area contributed by atoms with Crippen LogP contribution in [0.4, 0.5) is 11.5 Å². The van der Waals surface area contributed by atoms with Gasteiger partial charge in [-0.15, -0.1) is 11.3 Å². The number of aromatic nitrogens is 3. The summed E-state index contributed by atoms with van der Waals surface area (Å²) in [6.07, 6.45) is 3.44. The summed E-state index contributed by atoms with van der Waals surface area (Å²) in [5.41, 5.74) is 1.66. The average molecular weight is 424 g/mol. The fraction of sp³-hybridized carbons (Fsp3) is 0.143. The zero-order valence-electron chi connectivity index (χ0n) is 15.7. The molecule has 0 bridgehead atoms. The molecule has 0 fully saturated rings. The molecule has 146 valence electrons. The minimum atomic E-state index is -0.132. The van der Waals surface area contributed by atoms with Crippen LogP contribution in [0.15, 0.2) is 61.1 Å². The lowest BCUT2D eigenvalue weighted by atomic mass is 10.2. The number of thiophene rings is 1. The van der Waals surface area contributed by atoms with Crippen molar-refractivity contribution in [1.82, 2.24) is 15.0 Å². The summed E-state index contributed by atoms with van der Waals surface area (Å²) in [7, 11) is 1.92. The van der Waals surface area contributed by atoms with Crippen LogP contribution in [-0.2, 0) is 4.79 Å². The zero-order valence-corrected chi connectivity index (χ0v) is 17.2. The summed E-state index contributed by atoms with van der Waals surface area (Å²) in [4.78, 5) is 29.1. The Kier molecular flexibility index (Phi) is 5.69. The second kappa shape index (κ2) is 8.55. The Bertz CT molecular complexity index is 1150. The summed E-state index contributed by atoms with van der Waals surface area (Å²) >= 11 is 7.62. The number of anilines is 2. The van der Waals surface area contributed by atoms with E-state index in [1.807, 2.05) is 30.1 Å². The number of nitrogens with zero attached hydrogens (tertiary/aromatic N) is 4. The molecule has 3 heterocycles. The van der Waals surface area contributed by atoms with Gasteiger partial charge in [-0.05, 0) is 23.8 Å². The van der Waals surface area contributed by atoms with Gasteiger partial charge in [0.2, 0.25) is 5.91 Å². The van der Waals surface area contributed by atoms with Crippen LogP contribution in [0.25, 0.3) is 20.7 Å². The molecule has 29 heavy (non-hydrogen) atoms. The van der Waals surface area contributed by atoms with E-state index in [9.17, 15) is 4.79 Å². The predicted octanol–water partition coefficient (Wildman–Crippen LogP) is 4.87. The van der Waals surface area contributed by atoms with Crippen molar-refractivity contribution in [2.24, 2.45) is 0 Å². The number of pyridine rings is 1. The molecule has 0 aliphatic rings. The molecular formula is C21H18ClN5OS. The molecule has 0 unspecified atom stereocenters. The number of benzene rings is 1. The molecule has 1 N–H and O–H groups in total. The first kappa shape index (κ1) is 19.3. The highest BCUT2D eigenvalue weighted by Gasteiger charge is 2.14. The first-order valence-electron chi connectivity index (χ1n) is 9.03. The van der Waals surface area contributed by atoms with Gasteiger partial charge in [0.15, 0.2) is 5.15 Å². The molecule has 1 aromatic carbocycles. The molecule has 0 saturated carbocycles. The molecule has 0 atom stereocenters. The van der Waals surface area contributed by atoms with Crippen LogP contribution in [0.5, 0.6) is 0 Å². The average Bonchev–Trinajstić information content (AvgIpc) is 3.19. The number of carbonyl (C=O) groups is 1. The molecule has 3 aromatic heterocycles. The molecule has 0 spiro atoms. The Hall–Kier alpha value is -3.03. The van der Waals surface area contributed by atoms with Crippen molar-refractivity contribution >= 4 is 50.6 Å². The van der Waals surface area contributed by atoms with Gasteiger partial charge in [0, 0.05) is 31.1 Å². The summed E-state index contributed by atoms with van der Waals surface area (Å²) in [5, 5.41) is 4.05. The number of amides is 1. The molecule has 8 heteroatoms. The van der Waals surface area contributed by atoms with Crippen molar-refractivity contribution in [2.45, 2.75) is 6.42 Å². The highest BCUT2D eigenvalue weighted by atomic mass is 35.5. The minimum Gasteiger partial charge on any atom is -0.359 e. The third-order valence-electron chi connectivity index (χ3n) is 4.44. The van der Waals surface area contributed by atoms with Crippen LogP contribution in [0.2, 0.25) is 5.15 Å². The molecule has 4 rings (SSSR count). The van der Waals surface area contributed by atoms with E-state index in [2.05, 4.69) is 38.5 Å². The van der Waals surface area contributed by atoms with Gasteiger partial charge in [-0.25, -0.2) is 15.0 Å². The van der Waals surface area contributed by atoms with Gasteiger partial charge < -0.3 is 10.2 Å². The SMILES string of the molecule is CN(CCC(=O)Nc1cccnc1Cl)c1ncnc2sc(-c3ccccc3)cc12. The van der Waals surface area contributed by atoms with Crippen LogP contribution in [0, 0.1) is 0 Å². The minimum absolute atomic E-state index is 0.132. The zero-order chi connectivity index (χ0) is 20.2. The molecule has 0 aliphatic heterocycles. The maximum absolute atomic E-state index is 12.3. The van der Waals surface area contributed by atoms with Crippen LogP contribution in [0.1, 0.15) is 6.42 Å². The number of fused-ring (bicyclic) bond motifs is 1. The van der Waals surface area contributed by atoms with E-state index in [1.165, 1.54) is 0 Å². The van der Waals surface area contributed by atoms with Gasteiger partial charge in [-0.3, -0.25) is 4.79 Å². The van der Waals surface area contributed by atoms with E-state index in [1.54, 1.807) is 36.0 Å². The third-order valence-corrected chi connectivity index (χ3v) is 5.83. The van der Waals surface area contributed by atoms with Crippen molar-refractivity contribution in [3.63, 3.8) is 0 Å².